The van der Waals surface area contributed by atoms with Gasteiger partial charge in [0.1, 0.15) is 6.54 Å². The number of amides is 1. The minimum Gasteiger partial charge on any atom is -0.354 e. The highest BCUT2D eigenvalue weighted by Crippen LogP contribution is 2.27. The number of sulfonamides is 1. The number of carbonyl (C=O) groups excluding carboxylic acids is 1. The Bertz CT molecular complexity index is 1150. The van der Waals surface area contributed by atoms with Crippen molar-refractivity contribution in [1.82, 2.24) is 5.32 Å². The minimum absolute atomic E-state index is 0.143. The van der Waals surface area contributed by atoms with Crippen molar-refractivity contribution in [2.75, 3.05) is 17.4 Å². The molecule has 0 spiro atoms. The lowest BCUT2D eigenvalue weighted by Crippen LogP contribution is -2.41. The number of nitrogens with zero attached hydrogens (tertiary/aromatic N) is 1. The first-order chi connectivity index (χ1) is 14.8. The molecule has 0 fully saturated rings. The summed E-state index contributed by atoms with van der Waals surface area (Å²) in [6.07, 6.45) is 0.623. The lowest BCUT2D eigenvalue weighted by Gasteiger charge is -2.26. The first-order valence-corrected chi connectivity index (χ1v) is 11.8. The number of nitrogens with one attached hydrogen (secondary N) is 1. The normalized spacial score (nSPS) is 11.2. The molecule has 0 radical (unpaired) electrons. The molecule has 0 aliphatic rings. The van der Waals surface area contributed by atoms with E-state index in [1.807, 2.05) is 38.1 Å². The molecule has 0 aliphatic carbocycles. The van der Waals surface area contributed by atoms with Crippen molar-refractivity contribution < 1.29 is 13.2 Å². The fourth-order valence-corrected chi connectivity index (χ4v) is 4.82. The maximum absolute atomic E-state index is 13.4. The summed E-state index contributed by atoms with van der Waals surface area (Å²) in [6, 6.07) is 21.1. The smallest absolute Gasteiger partial charge is 0.264 e. The van der Waals surface area contributed by atoms with Crippen LogP contribution in [0.15, 0.2) is 77.7 Å². The summed E-state index contributed by atoms with van der Waals surface area (Å²) < 4.78 is 28.0. The Labute approximate surface area is 188 Å². The number of rotatable bonds is 8. The van der Waals surface area contributed by atoms with E-state index in [4.69, 9.17) is 11.6 Å². The fraction of sp³-hybridized carbons (Fsp3) is 0.208. The van der Waals surface area contributed by atoms with Crippen LogP contribution in [0.2, 0.25) is 5.02 Å². The lowest BCUT2D eigenvalue weighted by molar-refractivity contribution is -0.119. The number of hydrogen-bond donors (Lipinski definition) is 1. The number of benzene rings is 3. The largest absolute Gasteiger partial charge is 0.354 e. The number of halogens is 1. The Kier molecular flexibility index (Phi) is 7.36. The van der Waals surface area contributed by atoms with Gasteiger partial charge < -0.3 is 5.32 Å². The molecule has 0 atom stereocenters. The Morgan fingerprint density at radius 1 is 0.968 bits per heavy atom. The van der Waals surface area contributed by atoms with Crippen molar-refractivity contribution in [1.29, 1.82) is 0 Å². The summed E-state index contributed by atoms with van der Waals surface area (Å²) >= 11 is 5.90. The molecule has 7 heteroatoms. The maximum Gasteiger partial charge on any atom is 0.264 e. The molecule has 31 heavy (non-hydrogen) atoms. The summed E-state index contributed by atoms with van der Waals surface area (Å²) in [6.45, 7) is 3.82. The summed E-state index contributed by atoms with van der Waals surface area (Å²) in [4.78, 5) is 12.9. The first-order valence-electron chi connectivity index (χ1n) is 9.93. The van der Waals surface area contributed by atoms with Crippen LogP contribution < -0.4 is 9.62 Å². The molecule has 3 aromatic rings. The van der Waals surface area contributed by atoms with Crippen LogP contribution in [-0.4, -0.2) is 27.4 Å². The van der Waals surface area contributed by atoms with Gasteiger partial charge in [0.05, 0.1) is 10.6 Å². The van der Waals surface area contributed by atoms with Crippen LogP contribution in [0.4, 0.5) is 5.69 Å². The van der Waals surface area contributed by atoms with Gasteiger partial charge in [-0.05, 0) is 67.3 Å². The number of aryl methyl sites for hydroxylation is 2. The van der Waals surface area contributed by atoms with Gasteiger partial charge in [-0.1, -0.05) is 54.1 Å². The molecule has 0 saturated carbocycles. The van der Waals surface area contributed by atoms with Gasteiger partial charge in [-0.3, -0.25) is 9.10 Å². The van der Waals surface area contributed by atoms with Crippen molar-refractivity contribution in [2.24, 2.45) is 0 Å². The highest BCUT2D eigenvalue weighted by atomic mass is 35.5. The quantitative estimate of drug-likeness (QED) is 0.542. The predicted molar refractivity (Wildman–Crippen MR) is 125 cm³/mol. The Morgan fingerprint density at radius 3 is 2.32 bits per heavy atom. The van der Waals surface area contributed by atoms with E-state index in [-0.39, 0.29) is 17.3 Å². The topological polar surface area (TPSA) is 66.5 Å². The van der Waals surface area contributed by atoms with E-state index in [1.165, 1.54) is 16.4 Å². The molecule has 162 valence electrons. The SMILES string of the molecule is Cc1ccc(C)c(N(CC(=O)NCCc2ccc(Cl)cc2)S(=O)(=O)c2ccccc2)c1. The van der Waals surface area contributed by atoms with Crippen LogP contribution in [0, 0.1) is 13.8 Å². The Balaban J connectivity index is 1.80. The molecule has 1 N–H and O–H groups in total. The van der Waals surface area contributed by atoms with E-state index < -0.39 is 10.0 Å². The highest BCUT2D eigenvalue weighted by molar-refractivity contribution is 7.92. The average molecular weight is 457 g/mol. The van der Waals surface area contributed by atoms with Crippen molar-refractivity contribution in [2.45, 2.75) is 25.2 Å². The molecule has 0 unspecified atom stereocenters. The zero-order valence-corrected chi connectivity index (χ0v) is 19.1. The summed E-state index contributed by atoms with van der Waals surface area (Å²) in [5, 5.41) is 3.48. The summed E-state index contributed by atoms with van der Waals surface area (Å²) in [5.41, 5.74) is 3.22. The van der Waals surface area contributed by atoms with Gasteiger partial charge in [-0.25, -0.2) is 8.42 Å². The molecule has 3 rings (SSSR count). The molecule has 0 aromatic heterocycles. The van der Waals surface area contributed by atoms with Crippen molar-refractivity contribution in [3.63, 3.8) is 0 Å². The van der Waals surface area contributed by atoms with Crippen LogP contribution >= 0.6 is 11.6 Å². The molecule has 0 bridgehead atoms. The van der Waals surface area contributed by atoms with E-state index in [1.54, 1.807) is 36.4 Å². The molecule has 0 saturated heterocycles. The second-order valence-electron chi connectivity index (χ2n) is 7.34. The van der Waals surface area contributed by atoms with Gasteiger partial charge in [-0.15, -0.1) is 0 Å². The van der Waals surface area contributed by atoms with Gasteiger partial charge >= 0.3 is 0 Å². The molecular weight excluding hydrogens is 432 g/mol. The minimum atomic E-state index is -3.91. The first kappa shape index (κ1) is 22.8. The van der Waals surface area contributed by atoms with Gasteiger partial charge in [0.25, 0.3) is 10.0 Å². The van der Waals surface area contributed by atoms with Gasteiger partial charge in [-0.2, -0.15) is 0 Å². The molecule has 5 nitrogen and oxygen atoms in total. The van der Waals surface area contributed by atoms with Gasteiger partial charge in [0, 0.05) is 11.6 Å². The number of carbonyl (C=O) groups is 1. The molecular formula is C24H25ClN2O3S. The van der Waals surface area contributed by atoms with E-state index in [0.29, 0.717) is 23.7 Å². The average Bonchev–Trinajstić information content (AvgIpc) is 2.76. The zero-order chi connectivity index (χ0) is 22.4. The number of hydrogen-bond acceptors (Lipinski definition) is 3. The van der Waals surface area contributed by atoms with Crippen molar-refractivity contribution in [3.05, 3.63) is 94.5 Å². The van der Waals surface area contributed by atoms with E-state index in [2.05, 4.69) is 5.32 Å². The number of anilines is 1. The Morgan fingerprint density at radius 2 is 1.65 bits per heavy atom. The lowest BCUT2D eigenvalue weighted by atomic mass is 10.1. The highest BCUT2D eigenvalue weighted by Gasteiger charge is 2.28. The second kappa shape index (κ2) is 9.98. The van der Waals surface area contributed by atoms with E-state index in [9.17, 15) is 13.2 Å². The van der Waals surface area contributed by atoms with E-state index >= 15 is 0 Å². The molecule has 1 amide bonds. The summed E-state index contributed by atoms with van der Waals surface area (Å²) in [5.74, 6) is -0.366. The third kappa shape index (κ3) is 5.87. The molecule has 0 heterocycles. The predicted octanol–water partition coefficient (Wildman–Crippen LogP) is 4.51. The third-order valence-corrected chi connectivity index (χ3v) is 6.93. The zero-order valence-electron chi connectivity index (χ0n) is 17.5. The maximum atomic E-state index is 13.4. The fourth-order valence-electron chi connectivity index (χ4n) is 3.19. The van der Waals surface area contributed by atoms with Crippen molar-refractivity contribution >= 4 is 33.2 Å². The molecule has 0 aliphatic heterocycles. The van der Waals surface area contributed by atoms with Crippen LogP contribution in [-0.2, 0) is 21.2 Å². The third-order valence-electron chi connectivity index (χ3n) is 4.90. The monoisotopic (exact) mass is 456 g/mol. The Hall–Kier alpha value is -2.83. The summed E-state index contributed by atoms with van der Waals surface area (Å²) in [7, 11) is -3.91. The van der Waals surface area contributed by atoms with Crippen LogP contribution in [0.3, 0.4) is 0 Å². The van der Waals surface area contributed by atoms with Crippen LogP contribution in [0.5, 0.6) is 0 Å². The van der Waals surface area contributed by atoms with Crippen molar-refractivity contribution in [3.8, 4) is 0 Å². The standard InChI is InChI=1S/C24H25ClN2O3S/c1-18-8-9-19(2)23(16-18)27(31(29,30)22-6-4-3-5-7-22)17-24(28)26-15-14-20-10-12-21(25)13-11-20/h3-13,16H,14-15,17H2,1-2H3,(H,26,28). The van der Waals surface area contributed by atoms with Gasteiger partial charge in [0.15, 0.2) is 0 Å². The van der Waals surface area contributed by atoms with Crippen LogP contribution in [0.25, 0.3) is 0 Å². The van der Waals surface area contributed by atoms with E-state index in [0.717, 1.165) is 16.7 Å². The molecule has 3 aromatic carbocycles. The van der Waals surface area contributed by atoms with Gasteiger partial charge in [0.2, 0.25) is 5.91 Å². The van der Waals surface area contributed by atoms with Crippen LogP contribution in [0.1, 0.15) is 16.7 Å². The second-order valence-corrected chi connectivity index (χ2v) is 9.64.